The molecule has 0 heterocycles. The zero-order valence-electron chi connectivity index (χ0n) is 35.9. The molecule has 0 aliphatic heterocycles. The van der Waals surface area contributed by atoms with E-state index >= 15 is 0 Å². The molecule has 0 radical (unpaired) electrons. The number of nitrogens with zero attached hydrogens (tertiary/aromatic N) is 1. The third kappa shape index (κ3) is 5.14. The predicted octanol–water partition coefficient (Wildman–Crippen LogP) is 15.4. The normalized spacial score (nSPS) is 24.4. The molecule has 0 saturated heterocycles. The second-order valence-corrected chi connectivity index (χ2v) is 21.5. The summed E-state index contributed by atoms with van der Waals surface area (Å²) in [6.07, 6.45) is 7.04. The van der Waals surface area contributed by atoms with Gasteiger partial charge in [-0.2, -0.15) is 0 Å². The van der Waals surface area contributed by atoms with E-state index in [-0.39, 0.29) is 21.7 Å². The molecule has 6 aliphatic carbocycles. The van der Waals surface area contributed by atoms with Gasteiger partial charge < -0.3 is 4.90 Å². The largest absolute Gasteiger partial charge is 0.310 e. The molecule has 6 aromatic rings. The Morgan fingerprint density at radius 1 is 0.448 bits per heavy atom. The lowest BCUT2D eigenvalue weighted by molar-refractivity contribution is -0.0399. The van der Waals surface area contributed by atoms with Gasteiger partial charge in [-0.1, -0.05) is 146 Å². The molecule has 6 aromatic carbocycles. The molecule has 292 valence electrons. The summed E-state index contributed by atoms with van der Waals surface area (Å²) in [6.45, 7) is 19.0. The van der Waals surface area contributed by atoms with Crippen LogP contribution in [0.5, 0.6) is 0 Å². The van der Waals surface area contributed by atoms with Crippen LogP contribution in [-0.4, -0.2) is 0 Å². The maximum atomic E-state index is 2.66. The first-order valence-electron chi connectivity index (χ1n) is 22.3. The Morgan fingerprint density at radius 2 is 0.966 bits per heavy atom. The topological polar surface area (TPSA) is 3.24 Å². The molecule has 1 spiro atoms. The van der Waals surface area contributed by atoms with Gasteiger partial charge in [0.05, 0.1) is 0 Å². The van der Waals surface area contributed by atoms with Crippen LogP contribution in [-0.2, 0) is 21.7 Å². The van der Waals surface area contributed by atoms with Crippen molar-refractivity contribution in [3.63, 3.8) is 0 Å². The summed E-state index contributed by atoms with van der Waals surface area (Å²) in [7, 11) is 0. The van der Waals surface area contributed by atoms with E-state index in [9.17, 15) is 0 Å². The number of hydrogen-bond acceptors (Lipinski definition) is 1. The van der Waals surface area contributed by atoms with Crippen LogP contribution in [0.25, 0.3) is 33.4 Å². The van der Waals surface area contributed by atoms with Gasteiger partial charge in [0.2, 0.25) is 0 Å². The minimum absolute atomic E-state index is 0.00757. The second-order valence-electron chi connectivity index (χ2n) is 21.5. The fourth-order valence-corrected chi connectivity index (χ4v) is 13.2. The molecule has 0 atom stereocenters. The van der Waals surface area contributed by atoms with Gasteiger partial charge in [0, 0.05) is 27.9 Å². The average molecular weight is 758 g/mol. The van der Waals surface area contributed by atoms with Gasteiger partial charge in [-0.15, -0.1) is 0 Å². The van der Waals surface area contributed by atoms with E-state index in [0.29, 0.717) is 0 Å². The standard InChI is InChI=1S/C57H59N/c1-54(2,3)38-31-39(55(4,5)6)33-44(32-38)58(42-22-20-37(21-23-42)45-16-13-17-49-47-15-9-11-18-50(47)56(7,8)53(45)49)43-24-25-48-46-14-10-12-19-51(46)57(52(48)34-43)40-27-35-26-36(29-40)30-41(57)28-35/h9-25,31-36,40-41H,26-30H2,1-8H3. The predicted molar refractivity (Wildman–Crippen MR) is 245 cm³/mol. The van der Waals surface area contributed by atoms with E-state index in [1.807, 2.05) is 0 Å². The van der Waals surface area contributed by atoms with Crippen molar-refractivity contribution in [2.24, 2.45) is 23.7 Å². The van der Waals surface area contributed by atoms with Gasteiger partial charge >= 0.3 is 0 Å². The van der Waals surface area contributed by atoms with Gasteiger partial charge in [0.1, 0.15) is 0 Å². The molecule has 1 nitrogen and oxygen atoms in total. The van der Waals surface area contributed by atoms with E-state index in [0.717, 1.165) is 23.7 Å². The van der Waals surface area contributed by atoms with E-state index < -0.39 is 0 Å². The van der Waals surface area contributed by atoms with Gasteiger partial charge in [0.25, 0.3) is 0 Å². The van der Waals surface area contributed by atoms with Crippen molar-refractivity contribution in [1.82, 2.24) is 0 Å². The summed E-state index contributed by atoms with van der Waals surface area (Å²) in [4.78, 5) is 2.59. The molecule has 0 N–H and O–H groups in total. The molecular formula is C57H59N. The summed E-state index contributed by atoms with van der Waals surface area (Å²) in [6, 6.07) is 50.0. The fraction of sp³-hybridized carbons (Fsp3) is 0.368. The smallest absolute Gasteiger partial charge is 0.0467 e. The van der Waals surface area contributed by atoms with Gasteiger partial charge in [-0.25, -0.2) is 0 Å². The zero-order chi connectivity index (χ0) is 39.9. The maximum Gasteiger partial charge on any atom is 0.0467 e. The van der Waals surface area contributed by atoms with Crippen molar-refractivity contribution in [3.05, 3.63) is 161 Å². The third-order valence-corrected chi connectivity index (χ3v) is 15.7. The molecule has 0 amide bonds. The Bertz CT molecular complexity index is 2560. The summed E-state index contributed by atoms with van der Waals surface area (Å²) >= 11 is 0. The lowest BCUT2D eigenvalue weighted by atomic mass is 9.43. The van der Waals surface area contributed by atoms with Crippen molar-refractivity contribution in [1.29, 1.82) is 0 Å². The van der Waals surface area contributed by atoms with Crippen LogP contribution in [0.3, 0.4) is 0 Å². The van der Waals surface area contributed by atoms with Gasteiger partial charge in [-0.05, 0) is 170 Å². The van der Waals surface area contributed by atoms with Crippen molar-refractivity contribution < 1.29 is 0 Å². The number of benzene rings is 6. The SMILES string of the molecule is CC(C)(C)c1cc(N(c2ccc(-c3cccc4c3C(C)(C)c3ccccc3-4)cc2)c2ccc3c(c2)C2(c4ccccc4-3)C3CC4CC(C3)CC2C4)cc(C(C)(C)C)c1. The van der Waals surface area contributed by atoms with Gasteiger partial charge in [0.15, 0.2) is 0 Å². The van der Waals surface area contributed by atoms with E-state index in [1.54, 1.807) is 11.1 Å². The Hall–Kier alpha value is -4.88. The van der Waals surface area contributed by atoms with Crippen LogP contribution in [0.1, 0.15) is 121 Å². The summed E-state index contributed by atoms with van der Waals surface area (Å²) in [5.74, 6) is 3.30. The van der Waals surface area contributed by atoms with E-state index in [2.05, 4.69) is 188 Å². The zero-order valence-corrected chi connectivity index (χ0v) is 35.9. The lowest BCUT2D eigenvalue weighted by Crippen LogP contribution is -2.55. The molecular weight excluding hydrogens is 699 g/mol. The Balaban J connectivity index is 1.10. The number of anilines is 3. The van der Waals surface area contributed by atoms with E-state index in [1.165, 1.54) is 105 Å². The van der Waals surface area contributed by atoms with Crippen LogP contribution in [0.4, 0.5) is 17.1 Å². The summed E-state index contributed by atoms with van der Waals surface area (Å²) in [5.41, 5.74) is 20.9. The maximum absolute atomic E-state index is 2.66. The van der Waals surface area contributed by atoms with Crippen LogP contribution < -0.4 is 4.90 Å². The quantitative estimate of drug-likeness (QED) is 0.173. The molecule has 6 aliphatic rings. The van der Waals surface area contributed by atoms with Crippen molar-refractivity contribution in [3.8, 4) is 33.4 Å². The second kappa shape index (κ2) is 12.3. The van der Waals surface area contributed by atoms with Crippen LogP contribution in [0.15, 0.2) is 127 Å². The first kappa shape index (κ1) is 36.2. The highest BCUT2D eigenvalue weighted by Crippen LogP contribution is 2.69. The molecule has 58 heavy (non-hydrogen) atoms. The van der Waals surface area contributed by atoms with Crippen LogP contribution in [0.2, 0.25) is 0 Å². The Morgan fingerprint density at radius 3 is 1.59 bits per heavy atom. The first-order valence-corrected chi connectivity index (χ1v) is 22.3. The van der Waals surface area contributed by atoms with Gasteiger partial charge in [-0.3, -0.25) is 0 Å². The highest BCUT2D eigenvalue weighted by molar-refractivity contribution is 5.90. The average Bonchev–Trinajstić information content (AvgIpc) is 3.62. The highest BCUT2D eigenvalue weighted by Gasteiger charge is 2.61. The molecule has 0 unspecified atom stereocenters. The molecule has 4 fully saturated rings. The lowest BCUT2D eigenvalue weighted by Gasteiger charge is -2.61. The number of rotatable bonds is 4. The van der Waals surface area contributed by atoms with E-state index in [4.69, 9.17) is 0 Å². The molecule has 12 rings (SSSR count). The monoisotopic (exact) mass is 757 g/mol. The van der Waals surface area contributed by atoms with Crippen molar-refractivity contribution in [2.75, 3.05) is 4.90 Å². The van der Waals surface area contributed by atoms with Crippen LogP contribution in [0, 0.1) is 23.7 Å². The summed E-state index contributed by atoms with van der Waals surface area (Å²) in [5, 5.41) is 0. The first-order chi connectivity index (χ1) is 27.7. The number of fused-ring (bicyclic) bond motifs is 6. The minimum Gasteiger partial charge on any atom is -0.310 e. The molecule has 1 heteroatoms. The minimum atomic E-state index is -0.0696. The molecule has 0 aromatic heterocycles. The van der Waals surface area contributed by atoms with Crippen molar-refractivity contribution >= 4 is 17.1 Å². The van der Waals surface area contributed by atoms with Crippen LogP contribution >= 0.6 is 0 Å². The fourth-order valence-electron chi connectivity index (χ4n) is 13.2. The summed E-state index contributed by atoms with van der Waals surface area (Å²) < 4.78 is 0. The third-order valence-electron chi connectivity index (χ3n) is 15.7. The Kier molecular flexibility index (Phi) is 7.70. The number of hydrogen-bond donors (Lipinski definition) is 0. The van der Waals surface area contributed by atoms with Crippen molar-refractivity contribution in [2.45, 2.75) is 109 Å². The highest BCUT2D eigenvalue weighted by atomic mass is 15.1. The molecule has 4 saturated carbocycles. The molecule has 4 bridgehead atoms. The Labute approximate surface area is 347 Å².